The van der Waals surface area contributed by atoms with Gasteiger partial charge in [-0.05, 0) is 37.6 Å². The van der Waals surface area contributed by atoms with Gasteiger partial charge in [0.05, 0.1) is 18.9 Å². The van der Waals surface area contributed by atoms with E-state index >= 15 is 0 Å². The van der Waals surface area contributed by atoms with Crippen LogP contribution in [0, 0.1) is 11.6 Å². The molecule has 0 bridgehead atoms. The number of hydrogen-bond acceptors (Lipinski definition) is 4. The maximum absolute atomic E-state index is 14.3. The fraction of sp³-hybridized carbons (Fsp3) is 0.318. The van der Waals surface area contributed by atoms with Crippen LogP contribution in [0.2, 0.25) is 0 Å². The van der Waals surface area contributed by atoms with E-state index in [2.05, 4.69) is 15.1 Å². The predicted molar refractivity (Wildman–Crippen MR) is 106 cm³/mol. The van der Waals surface area contributed by atoms with E-state index in [0.717, 1.165) is 30.6 Å². The van der Waals surface area contributed by atoms with Crippen molar-refractivity contribution in [2.45, 2.75) is 25.3 Å². The van der Waals surface area contributed by atoms with Crippen LogP contribution in [0.15, 0.2) is 42.6 Å². The van der Waals surface area contributed by atoms with E-state index in [1.807, 2.05) is 12.1 Å². The lowest BCUT2D eigenvalue weighted by Gasteiger charge is -2.33. The van der Waals surface area contributed by atoms with Crippen molar-refractivity contribution in [2.24, 2.45) is 0 Å². The van der Waals surface area contributed by atoms with Gasteiger partial charge in [0.1, 0.15) is 23.1 Å². The normalized spacial score (nSPS) is 17.4. The second-order valence-corrected chi connectivity index (χ2v) is 7.36. The molecular weight excluding hydrogens is 376 g/mol. The van der Waals surface area contributed by atoms with Crippen LogP contribution in [-0.4, -0.2) is 40.4 Å². The van der Waals surface area contributed by atoms with Gasteiger partial charge in [0.25, 0.3) is 0 Å². The molecule has 29 heavy (non-hydrogen) atoms. The van der Waals surface area contributed by atoms with Gasteiger partial charge in [-0.1, -0.05) is 12.1 Å². The van der Waals surface area contributed by atoms with E-state index < -0.39 is 11.6 Å². The summed E-state index contributed by atoms with van der Waals surface area (Å²) in [6, 6.07) is 9.16. The lowest BCUT2D eigenvalue weighted by molar-refractivity contribution is 0.196. The van der Waals surface area contributed by atoms with E-state index in [0.29, 0.717) is 24.4 Å². The van der Waals surface area contributed by atoms with E-state index in [-0.39, 0.29) is 17.2 Å². The molecule has 3 aromatic rings. The Balaban J connectivity index is 1.55. The molecule has 2 heterocycles. The molecule has 1 aromatic heterocycles. The van der Waals surface area contributed by atoms with E-state index in [1.54, 1.807) is 13.2 Å². The van der Waals surface area contributed by atoms with Crippen LogP contribution in [0.1, 0.15) is 30.0 Å². The highest BCUT2D eigenvalue weighted by atomic mass is 19.1. The number of phenols is 1. The quantitative estimate of drug-likeness (QED) is 0.666. The Hall–Kier alpha value is -2.93. The number of halogens is 2. The lowest BCUT2D eigenvalue weighted by Crippen LogP contribution is -2.34. The topological polar surface area (TPSA) is 61.4 Å². The number of rotatable bonds is 5. The highest BCUT2D eigenvalue weighted by Crippen LogP contribution is 2.36. The summed E-state index contributed by atoms with van der Waals surface area (Å²) in [6.45, 7) is 2.18. The first-order valence-electron chi connectivity index (χ1n) is 9.62. The molecule has 0 unspecified atom stereocenters. The summed E-state index contributed by atoms with van der Waals surface area (Å²) in [4.78, 5) is 2.23. The number of hydrogen-bond donors (Lipinski definition) is 2. The summed E-state index contributed by atoms with van der Waals surface area (Å²) in [5, 5.41) is 17.3. The molecule has 152 valence electrons. The maximum atomic E-state index is 14.3. The molecule has 1 aliphatic heterocycles. The number of H-pyrrole nitrogens is 1. The molecule has 2 N–H and O–H groups in total. The van der Waals surface area contributed by atoms with Crippen molar-refractivity contribution >= 4 is 0 Å². The number of ether oxygens (including phenoxy) is 1. The molecule has 1 aliphatic rings. The summed E-state index contributed by atoms with van der Waals surface area (Å²) < 4.78 is 33.7. The van der Waals surface area contributed by atoms with Crippen LogP contribution in [0.3, 0.4) is 0 Å². The van der Waals surface area contributed by atoms with E-state index in [1.165, 1.54) is 24.4 Å². The third-order valence-corrected chi connectivity index (χ3v) is 5.50. The third kappa shape index (κ3) is 3.96. The van der Waals surface area contributed by atoms with Gasteiger partial charge >= 0.3 is 0 Å². The van der Waals surface area contributed by atoms with Crippen molar-refractivity contribution in [2.75, 3.05) is 20.2 Å². The highest BCUT2D eigenvalue weighted by Gasteiger charge is 2.27. The number of piperidine rings is 1. The van der Waals surface area contributed by atoms with Gasteiger partial charge in [-0.15, -0.1) is 0 Å². The van der Waals surface area contributed by atoms with Gasteiger partial charge in [0.2, 0.25) is 0 Å². The van der Waals surface area contributed by atoms with Crippen LogP contribution in [0.5, 0.6) is 11.5 Å². The second-order valence-electron chi connectivity index (χ2n) is 7.36. The number of nitrogens with one attached hydrogen (secondary N) is 1. The highest BCUT2D eigenvalue weighted by molar-refractivity contribution is 5.67. The molecule has 5 nitrogen and oxygen atoms in total. The van der Waals surface area contributed by atoms with Crippen LogP contribution >= 0.6 is 0 Å². The molecule has 4 rings (SSSR count). The number of likely N-dealkylation sites (tertiary alicyclic amines) is 1. The molecule has 1 fully saturated rings. The zero-order valence-electron chi connectivity index (χ0n) is 16.2. The van der Waals surface area contributed by atoms with Gasteiger partial charge < -0.3 is 9.84 Å². The molecule has 0 radical (unpaired) electrons. The molecule has 0 aliphatic carbocycles. The number of benzene rings is 2. The Kier molecular flexibility index (Phi) is 5.49. The Labute approximate surface area is 167 Å². The molecule has 2 aromatic carbocycles. The predicted octanol–water partition coefficient (Wildman–Crippen LogP) is 4.45. The minimum absolute atomic E-state index is 0.0406. The SMILES string of the molecule is COc1ccc(CN2CCC[C@H](c3[nH]ncc3-c3c(F)cccc3F)C2)c(O)c1. The fourth-order valence-electron chi connectivity index (χ4n) is 4.04. The second kappa shape index (κ2) is 8.21. The first-order chi connectivity index (χ1) is 14.1. The van der Waals surface area contributed by atoms with E-state index in [9.17, 15) is 13.9 Å². The van der Waals surface area contributed by atoms with Crippen LogP contribution in [0.25, 0.3) is 11.1 Å². The van der Waals surface area contributed by atoms with Crippen molar-refractivity contribution in [1.29, 1.82) is 0 Å². The molecular formula is C22H23F2N3O2. The first-order valence-corrected chi connectivity index (χ1v) is 9.62. The van der Waals surface area contributed by atoms with Crippen molar-refractivity contribution in [3.8, 4) is 22.6 Å². The third-order valence-electron chi connectivity index (χ3n) is 5.50. The molecule has 1 saturated heterocycles. The minimum atomic E-state index is -0.594. The van der Waals surface area contributed by atoms with Crippen molar-refractivity contribution in [3.63, 3.8) is 0 Å². The Morgan fingerprint density at radius 2 is 2.03 bits per heavy atom. The zero-order chi connectivity index (χ0) is 20.4. The summed E-state index contributed by atoms with van der Waals surface area (Å²) in [7, 11) is 1.56. The van der Waals surface area contributed by atoms with Crippen molar-refractivity contribution < 1.29 is 18.6 Å². The number of aromatic amines is 1. The average molecular weight is 399 g/mol. The standard InChI is InChI=1S/C22H23F2N3O2/c1-29-16-8-7-14(20(28)10-16)12-27-9-3-4-15(13-27)22-17(11-25-26-22)21-18(23)5-2-6-19(21)24/h2,5-8,10-11,15,28H,3-4,9,12-13H2,1H3,(H,25,26)/t15-/m0/s1. The van der Waals surface area contributed by atoms with Gasteiger partial charge in [-0.25, -0.2) is 8.78 Å². The van der Waals surface area contributed by atoms with Crippen molar-refractivity contribution in [3.05, 3.63) is 65.5 Å². The van der Waals surface area contributed by atoms with E-state index in [4.69, 9.17) is 4.74 Å². The molecule has 0 spiro atoms. The monoisotopic (exact) mass is 399 g/mol. The Morgan fingerprint density at radius 3 is 2.76 bits per heavy atom. The first kappa shape index (κ1) is 19.4. The fourth-order valence-corrected chi connectivity index (χ4v) is 4.04. The summed E-state index contributed by atoms with van der Waals surface area (Å²) in [5.41, 5.74) is 2.00. The summed E-state index contributed by atoms with van der Waals surface area (Å²) >= 11 is 0. The van der Waals surface area contributed by atoms with Gasteiger partial charge in [0.15, 0.2) is 0 Å². The van der Waals surface area contributed by atoms with Crippen LogP contribution < -0.4 is 4.74 Å². The van der Waals surface area contributed by atoms with Crippen molar-refractivity contribution in [1.82, 2.24) is 15.1 Å². The Bertz CT molecular complexity index is 985. The summed E-state index contributed by atoms with van der Waals surface area (Å²) in [6.07, 6.45) is 3.33. The average Bonchev–Trinajstić information content (AvgIpc) is 3.19. The summed E-state index contributed by atoms with van der Waals surface area (Å²) in [5.74, 6) is -0.313. The van der Waals surface area contributed by atoms with Gasteiger partial charge in [0, 0.05) is 41.9 Å². The number of methoxy groups -OCH3 is 1. The number of aromatic nitrogens is 2. The zero-order valence-corrected chi connectivity index (χ0v) is 16.2. The minimum Gasteiger partial charge on any atom is -0.507 e. The lowest BCUT2D eigenvalue weighted by atomic mass is 9.90. The molecule has 1 atom stereocenters. The molecule has 0 saturated carbocycles. The number of aromatic hydroxyl groups is 1. The number of phenolic OH excluding ortho intramolecular Hbond substituents is 1. The van der Waals surface area contributed by atoms with Crippen LogP contribution in [-0.2, 0) is 6.54 Å². The molecule has 0 amide bonds. The van der Waals surface area contributed by atoms with Gasteiger partial charge in [-0.2, -0.15) is 5.10 Å². The Morgan fingerprint density at radius 1 is 1.24 bits per heavy atom. The maximum Gasteiger partial charge on any atom is 0.134 e. The van der Waals surface area contributed by atoms with Crippen LogP contribution in [0.4, 0.5) is 8.78 Å². The number of nitrogens with zero attached hydrogens (tertiary/aromatic N) is 2. The van der Waals surface area contributed by atoms with Gasteiger partial charge in [-0.3, -0.25) is 10.00 Å². The smallest absolute Gasteiger partial charge is 0.134 e. The molecule has 7 heteroatoms. The largest absolute Gasteiger partial charge is 0.507 e.